The maximum atomic E-state index is 14.2. The number of nitrogens with zero attached hydrogens (tertiary/aromatic N) is 4. The number of hydrogen-bond acceptors (Lipinski definition) is 6. The van der Waals surface area contributed by atoms with Gasteiger partial charge in [0.05, 0.1) is 23.0 Å². The molecule has 2 atom stereocenters. The van der Waals surface area contributed by atoms with Crippen molar-refractivity contribution in [3.63, 3.8) is 0 Å². The average molecular weight is 680 g/mol. The van der Waals surface area contributed by atoms with E-state index in [9.17, 15) is 4.79 Å². The van der Waals surface area contributed by atoms with Gasteiger partial charge in [-0.2, -0.15) is 5.10 Å². The summed E-state index contributed by atoms with van der Waals surface area (Å²) < 4.78 is 6.71. The van der Waals surface area contributed by atoms with Gasteiger partial charge in [0, 0.05) is 22.6 Å². The van der Waals surface area contributed by atoms with E-state index in [-0.39, 0.29) is 12.6 Å². The lowest BCUT2D eigenvalue weighted by Gasteiger charge is -2.35. The van der Waals surface area contributed by atoms with Crippen LogP contribution in [-0.4, -0.2) is 31.1 Å². The molecule has 0 radical (unpaired) electrons. The van der Waals surface area contributed by atoms with Gasteiger partial charge in [0.1, 0.15) is 17.7 Å². The Morgan fingerprint density at radius 2 is 1.79 bits per heavy atom. The van der Waals surface area contributed by atoms with Crippen LogP contribution in [-0.2, 0) is 21.6 Å². The number of ether oxygens (including phenoxy) is 1. The first-order chi connectivity index (χ1) is 20.6. The van der Waals surface area contributed by atoms with Crippen LogP contribution < -0.4 is 0 Å². The number of carbonyl (C=O) groups is 1. The Hall–Kier alpha value is -2.88. The summed E-state index contributed by atoms with van der Waals surface area (Å²) in [5, 5.41) is 7.95. The quantitative estimate of drug-likeness (QED) is 0.0697. The number of aromatic nitrogens is 5. The Kier molecular flexibility index (Phi) is 10.9. The number of H-pyrrole nitrogens is 1. The number of rotatable bonds is 12. The van der Waals surface area contributed by atoms with Gasteiger partial charge in [-0.15, -0.1) is 0 Å². The summed E-state index contributed by atoms with van der Waals surface area (Å²) >= 11 is 2.12. The van der Waals surface area contributed by atoms with Gasteiger partial charge in [-0.25, -0.2) is 15.0 Å². The minimum absolute atomic E-state index is 0.165. The van der Waals surface area contributed by atoms with Crippen molar-refractivity contribution in [2.45, 2.75) is 102 Å². The molecule has 1 N–H and O–H groups in total. The second-order valence-corrected chi connectivity index (χ2v) is 12.7. The zero-order valence-electron chi connectivity index (χ0n) is 24.7. The predicted molar refractivity (Wildman–Crippen MR) is 175 cm³/mol. The molecule has 7 nitrogen and oxygen atoms in total. The van der Waals surface area contributed by atoms with E-state index < -0.39 is 5.41 Å². The summed E-state index contributed by atoms with van der Waals surface area (Å²) in [6, 6.07) is 15.9. The highest BCUT2D eigenvalue weighted by Crippen LogP contribution is 2.41. The summed E-state index contributed by atoms with van der Waals surface area (Å²) in [7, 11) is 0. The number of carbonyl (C=O) groups excluding carboxylic acids is 1. The average Bonchev–Trinajstić information content (AvgIpc) is 3.48. The zero-order valence-corrected chi connectivity index (χ0v) is 26.8. The molecule has 0 saturated heterocycles. The van der Waals surface area contributed by atoms with E-state index in [1.165, 1.54) is 51.4 Å². The van der Waals surface area contributed by atoms with Crippen molar-refractivity contribution in [1.82, 2.24) is 25.1 Å². The fourth-order valence-electron chi connectivity index (χ4n) is 6.34. The molecule has 0 aliphatic heterocycles. The number of esters is 1. The van der Waals surface area contributed by atoms with Crippen LogP contribution in [0.15, 0.2) is 54.7 Å². The Balaban J connectivity index is 1.42. The van der Waals surface area contributed by atoms with E-state index in [2.05, 4.69) is 44.7 Å². The van der Waals surface area contributed by atoms with Crippen molar-refractivity contribution in [1.29, 1.82) is 0 Å². The van der Waals surface area contributed by atoms with Gasteiger partial charge in [0.25, 0.3) is 0 Å². The van der Waals surface area contributed by atoms with E-state index in [0.29, 0.717) is 15.4 Å². The third kappa shape index (κ3) is 7.54. The van der Waals surface area contributed by atoms with Crippen LogP contribution in [0.1, 0.15) is 102 Å². The molecule has 42 heavy (non-hydrogen) atoms. The van der Waals surface area contributed by atoms with Crippen LogP contribution in [0.25, 0.3) is 22.4 Å². The van der Waals surface area contributed by atoms with Gasteiger partial charge in [0.15, 0.2) is 9.48 Å². The first-order valence-corrected chi connectivity index (χ1v) is 16.7. The van der Waals surface area contributed by atoms with Crippen LogP contribution in [0.3, 0.4) is 0 Å². The van der Waals surface area contributed by atoms with E-state index in [4.69, 9.17) is 14.7 Å². The van der Waals surface area contributed by atoms with Gasteiger partial charge in [-0.05, 0) is 42.9 Å². The number of fused-ring (bicyclic) bond motifs is 1. The second kappa shape index (κ2) is 15.0. The van der Waals surface area contributed by atoms with Crippen LogP contribution in [0.5, 0.6) is 0 Å². The highest BCUT2D eigenvalue weighted by Gasteiger charge is 2.44. The summed E-state index contributed by atoms with van der Waals surface area (Å²) in [5.41, 5.74) is 3.10. The lowest BCUT2D eigenvalue weighted by atomic mass is 9.71. The van der Waals surface area contributed by atoms with E-state index in [1.807, 2.05) is 48.5 Å². The maximum Gasteiger partial charge on any atom is 0.318 e. The monoisotopic (exact) mass is 679 g/mol. The van der Waals surface area contributed by atoms with Gasteiger partial charge >= 0.3 is 5.97 Å². The number of unbranched alkanes of at least 4 members (excludes halogenated alkanes) is 5. The lowest BCUT2D eigenvalue weighted by Crippen LogP contribution is -2.40. The van der Waals surface area contributed by atoms with Crippen molar-refractivity contribution >= 4 is 39.6 Å². The van der Waals surface area contributed by atoms with Crippen LogP contribution in [0, 0.1) is 9.75 Å². The van der Waals surface area contributed by atoms with Gasteiger partial charge in [-0.1, -0.05) is 108 Å². The van der Waals surface area contributed by atoms with Crippen molar-refractivity contribution in [3.05, 3.63) is 69.8 Å². The summed E-state index contributed by atoms with van der Waals surface area (Å²) in [4.78, 5) is 28.5. The molecule has 0 bridgehead atoms. The van der Waals surface area contributed by atoms with Gasteiger partial charge in [0.2, 0.25) is 0 Å². The van der Waals surface area contributed by atoms with Crippen LogP contribution >= 0.6 is 22.6 Å². The molecule has 4 aromatic rings. The Morgan fingerprint density at radius 3 is 2.64 bits per heavy atom. The molecule has 3 aromatic heterocycles. The minimum atomic E-state index is -0.791. The summed E-state index contributed by atoms with van der Waals surface area (Å²) in [6.45, 7) is 2.53. The molecule has 3 heterocycles. The van der Waals surface area contributed by atoms with Crippen LogP contribution in [0.4, 0.5) is 0 Å². The number of halogens is 1. The van der Waals surface area contributed by atoms with Crippen molar-refractivity contribution in [2.24, 2.45) is 5.92 Å². The molecule has 1 aliphatic rings. The first kappa shape index (κ1) is 30.6. The molecule has 1 aromatic carbocycles. The largest absolute Gasteiger partial charge is 0.460 e. The molecule has 0 amide bonds. The Bertz CT molecular complexity index is 1440. The normalized spacial score (nSPS) is 19.3. The molecule has 222 valence electrons. The number of pyridine rings is 1. The highest BCUT2D eigenvalue weighted by molar-refractivity contribution is 14.1. The smallest absolute Gasteiger partial charge is 0.318 e. The van der Waals surface area contributed by atoms with E-state index in [1.54, 1.807) is 6.20 Å². The second-order valence-electron chi connectivity index (χ2n) is 11.7. The fourth-order valence-corrected chi connectivity index (χ4v) is 6.83. The molecule has 1 aliphatic carbocycles. The van der Waals surface area contributed by atoms with Crippen LogP contribution in [0.2, 0.25) is 0 Å². The van der Waals surface area contributed by atoms with E-state index >= 15 is 0 Å². The molecule has 0 spiro atoms. The molecule has 1 fully saturated rings. The zero-order chi connectivity index (χ0) is 29.2. The van der Waals surface area contributed by atoms with Crippen molar-refractivity contribution < 1.29 is 9.53 Å². The molecular weight excluding hydrogens is 637 g/mol. The van der Waals surface area contributed by atoms with Crippen molar-refractivity contribution in [3.8, 4) is 11.4 Å². The first-order valence-electron chi connectivity index (χ1n) is 15.6. The number of benzene rings is 1. The molecule has 8 heteroatoms. The SMILES string of the molecule is CCCCCCCCC1CCCCC(C(=O)OCc2ccccc2)(c2cccc(-c3nc(I)nc4[nH]ncc34)n2)CC1. The fraction of sp³-hybridized carbons (Fsp3) is 0.500. The number of nitrogens with one attached hydrogen (secondary N) is 1. The maximum absolute atomic E-state index is 14.2. The van der Waals surface area contributed by atoms with Gasteiger partial charge < -0.3 is 4.74 Å². The summed E-state index contributed by atoms with van der Waals surface area (Å²) in [6.07, 6.45) is 16.7. The van der Waals surface area contributed by atoms with Crippen molar-refractivity contribution in [2.75, 3.05) is 0 Å². The molecule has 2 unspecified atom stereocenters. The molecule has 5 rings (SSSR count). The van der Waals surface area contributed by atoms with Gasteiger partial charge in [-0.3, -0.25) is 9.89 Å². The minimum Gasteiger partial charge on any atom is -0.460 e. The third-order valence-corrected chi connectivity index (χ3v) is 9.26. The highest BCUT2D eigenvalue weighted by atomic mass is 127. The molecule has 1 saturated carbocycles. The Morgan fingerprint density at radius 1 is 0.952 bits per heavy atom. The lowest BCUT2D eigenvalue weighted by molar-refractivity contribution is -0.153. The molecular formula is C34H42IN5O2. The third-order valence-electron chi connectivity index (χ3n) is 8.78. The van der Waals surface area contributed by atoms with E-state index in [0.717, 1.165) is 60.1 Å². The summed E-state index contributed by atoms with van der Waals surface area (Å²) in [5.74, 6) is 0.469. The topological polar surface area (TPSA) is 93.7 Å². The number of hydrogen-bond donors (Lipinski definition) is 1. The predicted octanol–water partition coefficient (Wildman–Crippen LogP) is 8.72. The number of aromatic amines is 1. The Labute approximate surface area is 262 Å². The standard InChI is InChI=1S/C34H42IN5O2/c1-2-3-4-5-6-8-14-25-15-11-12-21-34(22-20-25,32(41)42-24-26-16-9-7-10-17-26)29-19-13-18-28(37-29)30-27-23-36-40-31(27)39-33(35)38-30/h7,9-10,13,16-19,23,25H,2-6,8,11-12,14-15,20-22,24H2,1H3,(H,36,38,39,40).